The van der Waals surface area contributed by atoms with E-state index in [-0.39, 0.29) is 23.8 Å². The summed E-state index contributed by atoms with van der Waals surface area (Å²) in [6.45, 7) is 2.20. The highest BCUT2D eigenvalue weighted by Gasteiger charge is 2.33. The summed E-state index contributed by atoms with van der Waals surface area (Å²) in [7, 11) is 1.82. The van der Waals surface area contributed by atoms with Gasteiger partial charge in [-0.3, -0.25) is 4.90 Å². The Morgan fingerprint density at radius 2 is 2.00 bits per heavy atom. The molecular formula is C15H17F3N2S. The smallest absolute Gasteiger partial charge is 0.399 e. The van der Waals surface area contributed by atoms with E-state index < -0.39 is 11.7 Å². The minimum Gasteiger partial charge on any atom is -0.399 e. The molecular weight excluding hydrogens is 297 g/mol. The molecule has 0 fully saturated rings. The number of nitrogens with two attached hydrogens (primary N) is 1. The molecule has 114 valence electrons. The number of thiophene rings is 1. The number of alkyl halides is 3. The molecule has 0 bridgehead atoms. The Balaban J connectivity index is 2.23. The molecule has 2 aromatic rings. The summed E-state index contributed by atoms with van der Waals surface area (Å²) in [6, 6.07) is 7.95. The monoisotopic (exact) mass is 314 g/mol. The van der Waals surface area contributed by atoms with Crippen molar-refractivity contribution < 1.29 is 13.2 Å². The second-order valence-electron chi connectivity index (χ2n) is 5.02. The molecule has 2 nitrogen and oxygen atoms in total. The van der Waals surface area contributed by atoms with E-state index in [1.807, 2.05) is 36.4 Å². The highest BCUT2D eigenvalue weighted by molar-refractivity contribution is 7.10. The van der Waals surface area contributed by atoms with Crippen molar-refractivity contribution in [1.82, 2.24) is 4.90 Å². The molecule has 0 aliphatic carbocycles. The van der Waals surface area contributed by atoms with Crippen LogP contribution in [-0.4, -0.2) is 11.9 Å². The van der Waals surface area contributed by atoms with Crippen molar-refractivity contribution in [3.05, 3.63) is 51.7 Å². The Kier molecular flexibility index (Phi) is 4.58. The fraction of sp³-hybridized carbons (Fsp3) is 0.333. The van der Waals surface area contributed by atoms with E-state index in [0.717, 1.165) is 10.9 Å². The molecule has 1 unspecified atom stereocenters. The Bertz CT molecular complexity index is 593. The van der Waals surface area contributed by atoms with Gasteiger partial charge in [0.2, 0.25) is 0 Å². The second kappa shape index (κ2) is 6.07. The van der Waals surface area contributed by atoms with Gasteiger partial charge < -0.3 is 5.73 Å². The topological polar surface area (TPSA) is 29.3 Å². The molecule has 0 saturated carbocycles. The summed E-state index contributed by atoms with van der Waals surface area (Å²) in [6.07, 6.45) is -4.39. The number of benzene rings is 1. The van der Waals surface area contributed by atoms with E-state index in [1.165, 1.54) is 12.1 Å². The minimum absolute atomic E-state index is 0.0589. The van der Waals surface area contributed by atoms with Gasteiger partial charge in [-0.25, -0.2) is 0 Å². The number of halogens is 3. The lowest BCUT2D eigenvalue weighted by Gasteiger charge is -2.25. The summed E-state index contributed by atoms with van der Waals surface area (Å²) in [5, 5.41) is 1.96. The van der Waals surface area contributed by atoms with Gasteiger partial charge in [0.05, 0.1) is 5.56 Å². The standard InChI is InChI=1S/C15H17F3N2S/c1-10(14-4-3-7-21-14)20(2)9-11-5-6-12(19)8-13(11)15(16,17)18/h3-8,10H,9,19H2,1-2H3. The molecule has 1 aromatic heterocycles. The molecule has 0 aliphatic rings. The quantitative estimate of drug-likeness (QED) is 0.839. The third-order valence-electron chi connectivity index (χ3n) is 3.48. The van der Waals surface area contributed by atoms with Gasteiger partial charge in [0, 0.05) is 23.2 Å². The summed E-state index contributed by atoms with van der Waals surface area (Å²) >= 11 is 1.60. The number of hydrogen-bond donors (Lipinski definition) is 1. The molecule has 2 rings (SSSR count). The van der Waals surface area contributed by atoms with Gasteiger partial charge in [-0.15, -0.1) is 11.3 Å². The highest BCUT2D eigenvalue weighted by Crippen LogP contribution is 2.35. The first-order valence-corrected chi connectivity index (χ1v) is 7.36. The average molecular weight is 314 g/mol. The van der Waals surface area contributed by atoms with E-state index in [2.05, 4.69) is 0 Å². The van der Waals surface area contributed by atoms with Crippen LogP contribution >= 0.6 is 11.3 Å². The van der Waals surface area contributed by atoms with Crippen molar-refractivity contribution in [1.29, 1.82) is 0 Å². The predicted octanol–water partition coefficient (Wildman–Crippen LogP) is 4.54. The van der Waals surface area contributed by atoms with Crippen LogP contribution in [-0.2, 0) is 12.7 Å². The number of nitrogens with zero attached hydrogens (tertiary/aromatic N) is 1. The van der Waals surface area contributed by atoms with Crippen LogP contribution < -0.4 is 5.73 Å². The van der Waals surface area contributed by atoms with Crippen LogP contribution in [0.5, 0.6) is 0 Å². The normalized spacial score (nSPS) is 13.6. The highest BCUT2D eigenvalue weighted by atomic mass is 32.1. The lowest BCUT2D eigenvalue weighted by atomic mass is 10.0. The van der Waals surface area contributed by atoms with E-state index >= 15 is 0 Å². The Morgan fingerprint density at radius 1 is 1.29 bits per heavy atom. The van der Waals surface area contributed by atoms with Crippen molar-refractivity contribution in [3.8, 4) is 0 Å². The largest absolute Gasteiger partial charge is 0.416 e. The Morgan fingerprint density at radius 3 is 2.57 bits per heavy atom. The van der Waals surface area contributed by atoms with Gasteiger partial charge in [0.1, 0.15) is 0 Å². The molecule has 2 N–H and O–H groups in total. The number of hydrogen-bond acceptors (Lipinski definition) is 3. The first kappa shape index (κ1) is 15.9. The molecule has 0 radical (unpaired) electrons. The number of nitrogen functional groups attached to an aromatic ring is 1. The first-order chi connectivity index (χ1) is 9.79. The van der Waals surface area contributed by atoms with Crippen molar-refractivity contribution in [2.45, 2.75) is 25.7 Å². The minimum atomic E-state index is -4.39. The van der Waals surface area contributed by atoms with E-state index in [4.69, 9.17) is 5.73 Å². The lowest BCUT2D eigenvalue weighted by Crippen LogP contribution is -2.23. The Labute approximate surface area is 126 Å². The summed E-state index contributed by atoms with van der Waals surface area (Å²) in [5.41, 5.74) is 5.18. The molecule has 1 atom stereocenters. The second-order valence-corrected chi connectivity index (χ2v) is 6.00. The van der Waals surface area contributed by atoms with Gasteiger partial charge in [0.15, 0.2) is 0 Å². The maximum atomic E-state index is 13.1. The zero-order valence-electron chi connectivity index (χ0n) is 11.8. The average Bonchev–Trinajstić information content (AvgIpc) is 2.92. The van der Waals surface area contributed by atoms with Gasteiger partial charge in [-0.2, -0.15) is 13.2 Å². The Hall–Kier alpha value is -1.53. The van der Waals surface area contributed by atoms with Crippen LogP contribution in [0.15, 0.2) is 35.7 Å². The van der Waals surface area contributed by atoms with Crippen LogP contribution in [0.3, 0.4) is 0 Å². The molecule has 0 amide bonds. The van der Waals surface area contributed by atoms with Crippen molar-refractivity contribution in [2.75, 3.05) is 12.8 Å². The van der Waals surface area contributed by atoms with E-state index in [1.54, 1.807) is 11.3 Å². The molecule has 21 heavy (non-hydrogen) atoms. The van der Waals surface area contributed by atoms with Crippen LogP contribution in [0.4, 0.5) is 18.9 Å². The van der Waals surface area contributed by atoms with E-state index in [9.17, 15) is 13.2 Å². The summed E-state index contributed by atoms with van der Waals surface area (Å²) in [5.74, 6) is 0. The number of rotatable bonds is 4. The van der Waals surface area contributed by atoms with Crippen molar-refractivity contribution in [2.24, 2.45) is 0 Å². The van der Waals surface area contributed by atoms with Crippen LogP contribution in [0.1, 0.15) is 29.0 Å². The van der Waals surface area contributed by atoms with Crippen LogP contribution in [0.2, 0.25) is 0 Å². The van der Waals surface area contributed by atoms with Crippen LogP contribution in [0.25, 0.3) is 0 Å². The maximum absolute atomic E-state index is 13.1. The predicted molar refractivity (Wildman–Crippen MR) is 80.1 cm³/mol. The third-order valence-corrected chi connectivity index (χ3v) is 4.52. The van der Waals surface area contributed by atoms with E-state index in [0.29, 0.717) is 0 Å². The molecule has 6 heteroatoms. The summed E-state index contributed by atoms with van der Waals surface area (Å²) in [4.78, 5) is 3.02. The van der Waals surface area contributed by atoms with Gasteiger partial charge in [-0.05, 0) is 43.1 Å². The first-order valence-electron chi connectivity index (χ1n) is 6.48. The number of anilines is 1. The van der Waals surface area contributed by atoms with Gasteiger partial charge in [0.25, 0.3) is 0 Å². The fourth-order valence-corrected chi connectivity index (χ4v) is 3.00. The molecule has 0 saturated heterocycles. The fourth-order valence-electron chi connectivity index (χ4n) is 2.15. The molecule has 0 aliphatic heterocycles. The summed E-state index contributed by atoms with van der Waals surface area (Å²) < 4.78 is 39.2. The maximum Gasteiger partial charge on any atom is 0.416 e. The molecule has 1 heterocycles. The van der Waals surface area contributed by atoms with Gasteiger partial charge in [-0.1, -0.05) is 12.1 Å². The van der Waals surface area contributed by atoms with Crippen LogP contribution in [0, 0.1) is 0 Å². The third kappa shape index (κ3) is 3.77. The SMILES string of the molecule is CC(c1cccs1)N(C)Cc1ccc(N)cc1C(F)(F)F. The zero-order valence-corrected chi connectivity index (χ0v) is 12.6. The zero-order chi connectivity index (χ0) is 15.6. The van der Waals surface area contributed by atoms with Crippen molar-refractivity contribution in [3.63, 3.8) is 0 Å². The van der Waals surface area contributed by atoms with Gasteiger partial charge >= 0.3 is 6.18 Å². The lowest BCUT2D eigenvalue weighted by molar-refractivity contribution is -0.138. The molecule has 0 spiro atoms. The van der Waals surface area contributed by atoms with Crippen molar-refractivity contribution >= 4 is 17.0 Å². The molecule has 1 aromatic carbocycles.